The summed E-state index contributed by atoms with van der Waals surface area (Å²) < 4.78 is 43.5. The lowest BCUT2D eigenvalue weighted by molar-refractivity contribution is -0.145. The number of nitrogens with one attached hydrogen (secondary N) is 5. The molecule has 0 aliphatic carbocycles. The van der Waals surface area contributed by atoms with E-state index in [1.54, 1.807) is 20.8 Å². The van der Waals surface area contributed by atoms with Gasteiger partial charge in [-0.1, -0.05) is 136 Å². The number of carboxylic acids is 4. The van der Waals surface area contributed by atoms with E-state index in [2.05, 4.69) is 26.6 Å². The van der Waals surface area contributed by atoms with Gasteiger partial charge in [-0.05, 0) is 84.0 Å². The molecule has 0 unspecified atom stereocenters. The molecule has 9 N–H and O–H groups in total. The number of carbonyl (C=O) groups is 15. The number of rotatable bonds is 88. The van der Waals surface area contributed by atoms with Gasteiger partial charge >= 0.3 is 23.9 Å². The number of ketones is 6. The lowest BCUT2D eigenvalue weighted by Gasteiger charge is -2.22. The van der Waals surface area contributed by atoms with Crippen LogP contribution in [0.2, 0.25) is 0 Å². The van der Waals surface area contributed by atoms with Crippen molar-refractivity contribution >= 4 is 88.1 Å². The summed E-state index contributed by atoms with van der Waals surface area (Å²) in [5, 5.41) is 50.6. The third-order valence-corrected chi connectivity index (χ3v) is 19.8. The van der Waals surface area contributed by atoms with Gasteiger partial charge in [0.15, 0.2) is 11.6 Å². The second-order valence-corrected chi connectivity index (χ2v) is 31.4. The Morgan fingerprint density at radius 3 is 0.958 bits per heavy atom. The Labute approximate surface area is 700 Å². The van der Waals surface area contributed by atoms with E-state index in [-0.39, 0.29) is 236 Å². The van der Waals surface area contributed by atoms with E-state index >= 15 is 0 Å². The molecule has 5 amide bonds. The molecule has 0 aromatic rings. The van der Waals surface area contributed by atoms with Gasteiger partial charge in [-0.3, -0.25) is 71.9 Å². The van der Waals surface area contributed by atoms with Crippen molar-refractivity contribution in [3.8, 4) is 0 Å². The SMILES string of the molecule is CC(=O)[C@H](CCCCNC(=O)COCCOCCNC(=O)CC[C@H](CC(=O)COCCOCCNC(=O)CCCCCCCCCCCCC(=O)O)C(=O)O)CCC(=O)[C@H](CCCCNC(=O)COCCOCCCC(=O)CC[C@H](CC(=O)COCCOCCNC(=O)CCCCCCCCCCCCC(=O)O)C(=O)O)CC(=O)C(C)(C)C. The molecular weight excluding hydrogens is 1530 g/mol. The Kier molecular flexibility index (Phi) is 71.5. The Morgan fingerprint density at radius 2 is 0.585 bits per heavy atom. The third kappa shape index (κ3) is 72.9. The molecule has 0 aliphatic rings. The van der Waals surface area contributed by atoms with Crippen molar-refractivity contribution in [3.63, 3.8) is 0 Å². The van der Waals surface area contributed by atoms with Crippen molar-refractivity contribution in [1.29, 1.82) is 0 Å². The summed E-state index contributed by atoms with van der Waals surface area (Å²) in [4.78, 5) is 183. The molecule has 0 rings (SSSR count). The van der Waals surface area contributed by atoms with Gasteiger partial charge in [0.1, 0.15) is 49.6 Å². The van der Waals surface area contributed by atoms with Crippen molar-refractivity contribution in [2.75, 3.05) is 138 Å². The predicted octanol–water partition coefficient (Wildman–Crippen LogP) is 9.98. The van der Waals surface area contributed by atoms with Crippen molar-refractivity contribution < 1.29 is 130 Å². The van der Waals surface area contributed by atoms with Crippen molar-refractivity contribution in [3.05, 3.63) is 0 Å². The summed E-state index contributed by atoms with van der Waals surface area (Å²) in [5.74, 6) is -9.27. The van der Waals surface area contributed by atoms with Crippen LogP contribution in [0.4, 0.5) is 0 Å². The summed E-state index contributed by atoms with van der Waals surface area (Å²) in [6, 6.07) is 0. The van der Waals surface area contributed by atoms with Crippen LogP contribution in [0, 0.1) is 29.1 Å². The molecular formula is C86H149N5O27. The highest BCUT2D eigenvalue weighted by Crippen LogP contribution is 2.27. The van der Waals surface area contributed by atoms with Gasteiger partial charge in [-0.25, -0.2) is 0 Å². The van der Waals surface area contributed by atoms with E-state index in [9.17, 15) is 82.1 Å². The molecule has 0 spiro atoms. The number of carbonyl (C=O) groups excluding carboxylic acids is 11. The second-order valence-electron chi connectivity index (χ2n) is 31.4. The summed E-state index contributed by atoms with van der Waals surface area (Å²) >= 11 is 0. The molecule has 680 valence electrons. The minimum absolute atomic E-state index is 0.00286. The lowest BCUT2D eigenvalue weighted by atomic mass is 9.80. The van der Waals surface area contributed by atoms with Gasteiger partial charge in [-0.15, -0.1) is 0 Å². The Morgan fingerprint density at radius 1 is 0.263 bits per heavy atom. The van der Waals surface area contributed by atoms with E-state index in [4.69, 9.17) is 48.1 Å². The zero-order valence-electron chi connectivity index (χ0n) is 71.8. The van der Waals surface area contributed by atoms with Gasteiger partial charge in [0, 0.05) is 127 Å². The van der Waals surface area contributed by atoms with E-state index < -0.39 is 64.5 Å². The molecule has 32 heteroatoms. The molecule has 0 aromatic heterocycles. The number of hydrogen-bond donors (Lipinski definition) is 9. The quantitative estimate of drug-likeness (QED) is 0.0256. The van der Waals surface area contributed by atoms with Crippen LogP contribution in [0.15, 0.2) is 0 Å². The first-order valence-corrected chi connectivity index (χ1v) is 43.6. The van der Waals surface area contributed by atoms with Gasteiger partial charge in [0.2, 0.25) is 29.5 Å². The molecule has 118 heavy (non-hydrogen) atoms. The molecule has 32 nitrogen and oxygen atoms in total. The van der Waals surface area contributed by atoms with Crippen molar-refractivity contribution in [2.45, 2.75) is 291 Å². The number of amides is 5. The number of aliphatic carboxylic acids is 4. The number of unbranched alkanes of at least 4 members (excludes halogenated alkanes) is 20. The van der Waals surface area contributed by atoms with E-state index in [1.165, 1.54) is 6.92 Å². The molecule has 0 saturated heterocycles. The van der Waals surface area contributed by atoms with Crippen LogP contribution in [0.5, 0.6) is 0 Å². The van der Waals surface area contributed by atoms with Crippen LogP contribution in [-0.4, -0.2) is 247 Å². The molecule has 0 fully saturated rings. The van der Waals surface area contributed by atoms with Crippen LogP contribution >= 0.6 is 0 Å². The average molecular weight is 1690 g/mol. The molecule has 0 bridgehead atoms. The van der Waals surface area contributed by atoms with E-state index in [0.29, 0.717) is 90.4 Å². The van der Waals surface area contributed by atoms with Gasteiger partial charge < -0.3 is 84.9 Å². The predicted molar refractivity (Wildman–Crippen MR) is 441 cm³/mol. The molecule has 0 heterocycles. The standard InChI is InChI=1S/C86H149N5O27/c1-67(92)68(30-25-27-43-87-81(102)66-118-59-55-114-51-47-91-79(100)42-39-71(85(109)110)61-74(95)64-116-57-54-113-50-46-90-78(99)34-22-18-14-10-6-8-12-16-20-24-36-83(105)106)38-41-75(96)69(62-76(97)86(2,3)4)31-26-28-44-88-80(101)65-117-58-52-111-48-29-32-72(93)40-37-70(84(107)108)60-73(94)63-115-56-53-112-49-45-89-77(98)33-21-17-13-9-5-7-11-15-19-23-35-82(103)104/h68-71H,5-66H2,1-4H3,(H,87,102)(H,88,101)(H,89,98)(H,90,99)(H,91,100)(H,103,104)(H,105,106)(H,107,108)(H,109,110)/t68-,69-,70-,71-/m1/s1. The number of ether oxygens (including phenoxy) is 8. The Balaban J connectivity index is 4.21. The monoisotopic (exact) mass is 1680 g/mol. The number of Topliss-reactive ketones (excluding diaryl/α,β-unsaturated/α-hetero) is 6. The first-order valence-electron chi connectivity index (χ1n) is 43.6. The first-order chi connectivity index (χ1) is 56.6. The van der Waals surface area contributed by atoms with Crippen LogP contribution < -0.4 is 26.6 Å². The molecule has 0 aliphatic heterocycles. The largest absolute Gasteiger partial charge is 0.481 e. The third-order valence-electron chi connectivity index (χ3n) is 19.8. The van der Waals surface area contributed by atoms with E-state index in [0.717, 1.165) is 128 Å². The lowest BCUT2D eigenvalue weighted by Crippen LogP contribution is -2.30. The fourth-order valence-corrected chi connectivity index (χ4v) is 12.6. The maximum absolute atomic E-state index is 13.7. The highest BCUT2D eigenvalue weighted by molar-refractivity contribution is 5.91. The summed E-state index contributed by atoms with van der Waals surface area (Å²) in [7, 11) is 0. The fraction of sp³-hybridized carbons (Fsp3) is 0.826. The summed E-state index contributed by atoms with van der Waals surface area (Å²) in [6.07, 6.45) is 25.3. The van der Waals surface area contributed by atoms with Crippen LogP contribution in [0.25, 0.3) is 0 Å². The molecule has 0 radical (unpaired) electrons. The Hall–Kier alpha value is -7.07. The number of carboxylic acid groups (broad SMARTS) is 4. The second kappa shape index (κ2) is 76.1. The highest BCUT2D eigenvalue weighted by Gasteiger charge is 2.30. The summed E-state index contributed by atoms with van der Waals surface area (Å²) in [5.41, 5.74) is -0.658. The van der Waals surface area contributed by atoms with Gasteiger partial charge in [0.05, 0.1) is 84.5 Å². The van der Waals surface area contributed by atoms with Gasteiger partial charge in [-0.2, -0.15) is 0 Å². The van der Waals surface area contributed by atoms with Crippen molar-refractivity contribution in [1.82, 2.24) is 26.6 Å². The van der Waals surface area contributed by atoms with E-state index in [1.807, 2.05) is 0 Å². The smallest absolute Gasteiger partial charge is 0.306 e. The first kappa shape index (κ1) is 111. The zero-order valence-corrected chi connectivity index (χ0v) is 71.8. The molecule has 0 aromatic carbocycles. The topological polar surface area (TPSA) is 471 Å². The van der Waals surface area contributed by atoms with Crippen LogP contribution in [-0.2, 0) is 110 Å². The summed E-state index contributed by atoms with van der Waals surface area (Å²) in [6.45, 7) is 9.38. The van der Waals surface area contributed by atoms with Crippen LogP contribution in [0.1, 0.15) is 291 Å². The minimum atomic E-state index is -1.20. The zero-order chi connectivity index (χ0) is 87.5. The Bertz CT molecular complexity index is 2800. The van der Waals surface area contributed by atoms with Crippen molar-refractivity contribution in [2.24, 2.45) is 29.1 Å². The normalized spacial score (nSPS) is 12.4. The maximum Gasteiger partial charge on any atom is 0.306 e. The average Bonchev–Trinajstić information content (AvgIpc) is 0.874. The molecule has 4 atom stereocenters. The van der Waals surface area contributed by atoms with Gasteiger partial charge in [0.25, 0.3) is 0 Å². The number of hydrogen-bond acceptors (Lipinski definition) is 23. The maximum atomic E-state index is 13.7. The highest BCUT2D eigenvalue weighted by atomic mass is 16.5. The molecule has 0 saturated carbocycles. The van der Waals surface area contributed by atoms with Crippen LogP contribution in [0.3, 0.4) is 0 Å². The fourth-order valence-electron chi connectivity index (χ4n) is 12.6. The minimum Gasteiger partial charge on any atom is -0.481 e.